The number of phenolic OH excluding ortho intramolecular Hbond substituents is 1. The highest BCUT2D eigenvalue weighted by Gasteiger charge is 2.18. The van der Waals surface area contributed by atoms with E-state index in [9.17, 15) is 5.11 Å². The van der Waals surface area contributed by atoms with Gasteiger partial charge in [-0.2, -0.15) is 0 Å². The minimum atomic E-state index is 0.144. The summed E-state index contributed by atoms with van der Waals surface area (Å²) in [5, 5.41) is 11.1. The average molecular weight is 278 g/mol. The SMILES string of the molecule is CC(C)(CBr)Cc1ccc(Cl)cc1O. The number of halogens is 2. The first kappa shape index (κ1) is 11.9. The summed E-state index contributed by atoms with van der Waals surface area (Å²) in [6.07, 6.45) is 0.835. The largest absolute Gasteiger partial charge is 0.508 e. The van der Waals surface area contributed by atoms with E-state index in [1.807, 2.05) is 6.07 Å². The second-order valence-electron chi connectivity index (χ2n) is 4.25. The van der Waals surface area contributed by atoms with Crippen LogP contribution in [0, 0.1) is 5.41 Å². The Balaban J connectivity index is 2.87. The van der Waals surface area contributed by atoms with Crippen molar-refractivity contribution in [2.24, 2.45) is 5.41 Å². The van der Waals surface area contributed by atoms with Crippen molar-refractivity contribution < 1.29 is 5.11 Å². The topological polar surface area (TPSA) is 20.2 Å². The number of rotatable bonds is 3. The van der Waals surface area contributed by atoms with E-state index in [0.29, 0.717) is 5.02 Å². The lowest BCUT2D eigenvalue weighted by Gasteiger charge is -2.22. The summed E-state index contributed by atoms with van der Waals surface area (Å²) in [6.45, 7) is 4.30. The van der Waals surface area contributed by atoms with Crippen molar-refractivity contribution in [1.82, 2.24) is 0 Å². The quantitative estimate of drug-likeness (QED) is 0.828. The molecule has 0 aliphatic heterocycles. The molecule has 0 aliphatic rings. The first-order valence-corrected chi connectivity index (χ1v) is 5.98. The summed E-state index contributed by atoms with van der Waals surface area (Å²) in [7, 11) is 0. The van der Waals surface area contributed by atoms with Gasteiger partial charge in [0.2, 0.25) is 0 Å². The van der Waals surface area contributed by atoms with E-state index in [-0.39, 0.29) is 11.2 Å². The molecular formula is C11H14BrClO. The Labute approximate surface area is 98.2 Å². The molecule has 0 unspecified atom stereocenters. The molecular weight excluding hydrogens is 263 g/mol. The summed E-state index contributed by atoms with van der Waals surface area (Å²) in [5.74, 6) is 0.284. The van der Waals surface area contributed by atoms with Gasteiger partial charge in [0.15, 0.2) is 0 Å². The third kappa shape index (κ3) is 3.18. The third-order valence-corrected chi connectivity index (χ3v) is 3.83. The lowest BCUT2D eigenvalue weighted by atomic mass is 9.88. The van der Waals surface area contributed by atoms with Crippen LogP contribution in [0.2, 0.25) is 5.02 Å². The van der Waals surface area contributed by atoms with E-state index < -0.39 is 0 Å². The highest BCUT2D eigenvalue weighted by molar-refractivity contribution is 9.09. The number of aromatic hydroxyl groups is 1. The Morgan fingerprint density at radius 1 is 1.43 bits per heavy atom. The Morgan fingerprint density at radius 3 is 2.57 bits per heavy atom. The number of alkyl halides is 1. The fraction of sp³-hybridized carbons (Fsp3) is 0.455. The number of benzene rings is 1. The molecule has 14 heavy (non-hydrogen) atoms. The van der Waals surface area contributed by atoms with Gasteiger partial charge in [-0.05, 0) is 29.5 Å². The number of hydrogen-bond acceptors (Lipinski definition) is 1. The molecule has 0 saturated carbocycles. The average Bonchev–Trinajstić information content (AvgIpc) is 2.10. The molecule has 0 amide bonds. The predicted octanol–water partition coefficient (Wildman–Crippen LogP) is 4.01. The first-order chi connectivity index (χ1) is 6.44. The van der Waals surface area contributed by atoms with Crippen molar-refractivity contribution in [1.29, 1.82) is 0 Å². The van der Waals surface area contributed by atoms with Crippen LogP contribution in [0.1, 0.15) is 19.4 Å². The summed E-state index contributed by atoms with van der Waals surface area (Å²) in [6, 6.07) is 5.27. The van der Waals surface area contributed by atoms with Gasteiger partial charge in [-0.1, -0.05) is 47.4 Å². The highest BCUT2D eigenvalue weighted by atomic mass is 79.9. The molecule has 0 radical (unpaired) electrons. The summed E-state index contributed by atoms with van der Waals surface area (Å²) in [4.78, 5) is 0. The van der Waals surface area contributed by atoms with E-state index in [2.05, 4.69) is 29.8 Å². The minimum Gasteiger partial charge on any atom is -0.508 e. The van der Waals surface area contributed by atoms with E-state index >= 15 is 0 Å². The Bertz CT molecular complexity index is 323. The fourth-order valence-corrected chi connectivity index (χ4v) is 1.61. The van der Waals surface area contributed by atoms with Crippen LogP contribution in [-0.2, 0) is 6.42 Å². The number of phenols is 1. The molecule has 0 spiro atoms. The second kappa shape index (κ2) is 4.54. The lowest BCUT2D eigenvalue weighted by molar-refractivity contribution is 0.405. The molecule has 0 atom stereocenters. The maximum atomic E-state index is 9.65. The second-order valence-corrected chi connectivity index (χ2v) is 5.24. The van der Waals surface area contributed by atoms with Crippen molar-refractivity contribution in [2.75, 3.05) is 5.33 Å². The first-order valence-electron chi connectivity index (χ1n) is 4.48. The van der Waals surface area contributed by atoms with Crippen LogP contribution in [-0.4, -0.2) is 10.4 Å². The van der Waals surface area contributed by atoms with Gasteiger partial charge in [-0.3, -0.25) is 0 Å². The highest BCUT2D eigenvalue weighted by Crippen LogP contribution is 2.30. The van der Waals surface area contributed by atoms with Gasteiger partial charge in [0.25, 0.3) is 0 Å². The summed E-state index contributed by atoms with van der Waals surface area (Å²) >= 11 is 9.21. The van der Waals surface area contributed by atoms with Crippen molar-refractivity contribution >= 4 is 27.5 Å². The molecule has 1 aromatic carbocycles. The minimum absolute atomic E-state index is 0.144. The van der Waals surface area contributed by atoms with Crippen LogP contribution >= 0.6 is 27.5 Å². The van der Waals surface area contributed by atoms with Crippen LogP contribution in [0.5, 0.6) is 5.75 Å². The molecule has 1 aromatic rings. The van der Waals surface area contributed by atoms with E-state index in [0.717, 1.165) is 17.3 Å². The van der Waals surface area contributed by atoms with Gasteiger partial charge in [0, 0.05) is 10.4 Å². The zero-order valence-electron chi connectivity index (χ0n) is 8.35. The molecule has 0 aliphatic carbocycles. The van der Waals surface area contributed by atoms with Crippen molar-refractivity contribution in [2.45, 2.75) is 20.3 Å². The maximum absolute atomic E-state index is 9.65. The van der Waals surface area contributed by atoms with Crippen LogP contribution in [0.15, 0.2) is 18.2 Å². The molecule has 1 N–H and O–H groups in total. The molecule has 1 rings (SSSR count). The van der Waals surface area contributed by atoms with Gasteiger partial charge in [0.1, 0.15) is 5.75 Å². The molecule has 0 fully saturated rings. The summed E-state index contributed by atoms with van der Waals surface area (Å²) < 4.78 is 0. The van der Waals surface area contributed by atoms with Gasteiger partial charge >= 0.3 is 0 Å². The summed E-state index contributed by atoms with van der Waals surface area (Å²) in [5.41, 5.74) is 1.09. The number of hydrogen-bond donors (Lipinski definition) is 1. The van der Waals surface area contributed by atoms with Crippen molar-refractivity contribution in [3.8, 4) is 5.75 Å². The van der Waals surface area contributed by atoms with Crippen LogP contribution in [0.4, 0.5) is 0 Å². The maximum Gasteiger partial charge on any atom is 0.120 e. The molecule has 0 heterocycles. The van der Waals surface area contributed by atoms with Gasteiger partial charge in [0.05, 0.1) is 0 Å². The van der Waals surface area contributed by atoms with Crippen LogP contribution in [0.3, 0.4) is 0 Å². The molecule has 0 bridgehead atoms. The molecule has 0 aromatic heterocycles. The van der Waals surface area contributed by atoms with E-state index in [1.54, 1.807) is 12.1 Å². The third-order valence-electron chi connectivity index (χ3n) is 2.08. The zero-order chi connectivity index (χ0) is 10.8. The van der Waals surface area contributed by atoms with Crippen LogP contribution in [0.25, 0.3) is 0 Å². The van der Waals surface area contributed by atoms with E-state index in [1.165, 1.54) is 0 Å². The molecule has 78 valence electrons. The van der Waals surface area contributed by atoms with Gasteiger partial charge in [-0.25, -0.2) is 0 Å². The predicted molar refractivity (Wildman–Crippen MR) is 64.4 cm³/mol. The molecule has 1 nitrogen and oxygen atoms in total. The normalized spacial score (nSPS) is 11.7. The molecule has 0 saturated heterocycles. The van der Waals surface area contributed by atoms with Gasteiger partial charge < -0.3 is 5.11 Å². The molecule has 3 heteroatoms. The van der Waals surface area contributed by atoms with Crippen LogP contribution < -0.4 is 0 Å². The van der Waals surface area contributed by atoms with Crippen molar-refractivity contribution in [3.05, 3.63) is 28.8 Å². The zero-order valence-corrected chi connectivity index (χ0v) is 10.7. The monoisotopic (exact) mass is 276 g/mol. The Morgan fingerprint density at radius 2 is 2.07 bits per heavy atom. The van der Waals surface area contributed by atoms with Crippen molar-refractivity contribution in [3.63, 3.8) is 0 Å². The lowest BCUT2D eigenvalue weighted by Crippen LogP contribution is -2.16. The smallest absolute Gasteiger partial charge is 0.120 e. The van der Waals surface area contributed by atoms with E-state index in [4.69, 9.17) is 11.6 Å². The Hall–Kier alpha value is -0.210. The Kier molecular flexibility index (Phi) is 3.85. The fourth-order valence-electron chi connectivity index (χ4n) is 1.25. The van der Waals surface area contributed by atoms with Gasteiger partial charge in [-0.15, -0.1) is 0 Å². The standard InChI is InChI=1S/C11H14BrClO/c1-11(2,7-12)6-8-3-4-9(13)5-10(8)14/h3-5,14H,6-7H2,1-2H3.